The molecule has 2 fully saturated rings. The first-order valence-corrected chi connectivity index (χ1v) is 9.91. The van der Waals surface area contributed by atoms with Gasteiger partial charge < -0.3 is 14.8 Å². The number of hydrogen-bond acceptors (Lipinski definition) is 5. The summed E-state index contributed by atoms with van der Waals surface area (Å²) in [7, 11) is 1.64. The van der Waals surface area contributed by atoms with Crippen LogP contribution in [0.1, 0.15) is 31.2 Å². The zero-order chi connectivity index (χ0) is 20.3. The Morgan fingerprint density at radius 2 is 1.79 bits per heavy atom. The summed E-state index contributed by atoms with van der Waals surface area (Å²) < 4.78 is 24.3. The third kappa shape index (κ3) is 4.61. The van der Waals surface area contributed by atoms with Gasteiger partial charge in [0.1, 0.15) is 17.7 Å². The van der Waals surface area contributed by atoms with Crippen molar-refractivity contribution in [3.05, 3.63) is 66.5 Å². The Bertz CT molecular complexity index is 819. The molecule has 0 amide bonds. The standard InChI is InChI=1S/C23H26FNO4/c1-16(17-3-9-21(26-2)10-4-17)22-15-27-23(29-28-22)13-11-20(12-14-23)25-19-7-5-18(24)6-8-19/h3-10,20,22,25H,1,11-15H2,2H3. The van der Waals surface area contributed by atoms with Gasteiger partial charge in [-0.25, -0.2) is 14.2 Å². The highest BCUT2D eigenvalue weighted by Crippen LogP contribution is 2.38. The topological polar surface area (TPSA) is 49.0 Å². The van der Waals surface area contributed by atoms with Gasteiger partial charge in [-0.3, -0.25) is 0 Å². The average molecular weight is 399 g/mol. The van der Waals surface area contributed by atoms with E-state index in [0.717, 1.165) is 48.3 Å². The molecule has 5 nitrogen and oxygen atoms in total. The Morgan fingerprint density at radius 1 is 1.10 bits per heavy atom. The number of benzene rings is 2. The molecule has 4 rings (SSSR count). The Kier molecular flexibility index (Phi) is 5.85. The molecular weight excluding hydrogens is 373 g/mol. The third-order valence-electron chi connectivity index (χ3n) is 5.63. The lowest BCUT2D eigenvalue weighted by molar-refractivity contribution is -0.483. The number of halogens is 1. The number of hydrogen-bond donors (Lipinski definition) is 1. The van der Waals surface area contributed by atoms with E-state index in [1.54, 1.807) is 19.2 Å². The maximum atomic E-state index is 13.0. The summed E-state index contributed by atoms with van der Waals surface area (Å²) in [6, 6.07) is 14.4. The zero-order valence-electron chi connectivity index (χ0n) is 16.5. The SMILES string of the molecule is C=C(c1ccc(OC)cc1)C1COC2(CCC(Nc3ccc(F)cc3)CC2)OO1. The minimum Gasteiger partial charge on any atom is -0.497 e. The summed E-state index contributed by atoms with van der Waals surface area (Å²) in [6.45, 7) is 4.54. The molecule has 2 aromatic carbocycles. The second kappa shape index (κ2) is 8.53. The quantitative estimate of drug-likeness (QED) is 0.722. The number of ether oxygens (including phenoxy) is 2. The Hall–Kier alpha value is -2.41. The van der Waals surface area contributed by atoms with Gasteiger partial charge in [0.05, 0.1) is 13.7 Å². The minimum absolute atomic E-state index is 0.231. The zero-order valence-corrected chi connectivity index (χ0v) is 16.5. The summed E-state index contributed by atoms with van der Waals surface area (Å²) >= 11 is 0. The van der Waals surface area contributed by atoms with Crippen molar-refractivity contribution in [2.45, 2.75) is 43.6 Å². The van der Waals surface area contributed by atoms with E-state index in [1.165, 1.54) is 12.1 Å². The monoisotopic (exact) mass is 399 g/mol. The highest BCUT2D eigenvalue weighted by molar-refractivity contribution is 5.67. The molecular formula is C23H26FNO4. The molecule has 2 aromatic rings. The molecule has 1 N–H and O–H groups in total. The fourth-order valence-electron chi connectivity index (χ4n) is 3.79. The van der Waals surface area contributed by atoms with Crippen LogP contribution in [0.15, 0.2) is 55.1 Å². The maximum Gasteiger partial charge on any atom is 0.201 e. The average Bonchev–Trinajstić information content (AvgIpc) is 2.77. The van der Waals surface area contributed by atoms with Crippen molar-refractivity contribution in [2.24, 2.45) is 0 Å². The largest absolute Gasteiger partial charge is 0.497 e. The lowest BCUT2D eigenvalue weighted by Gasteiger charge is -2.43. The van der Waals surface area contributed by atoms with E-state index in [2.05, 4.69) is 11.9 Å². The van der Waals surface area contributed by atoms with Crippen LogP contribution in [0.2, 0.25) is 0 Å². The molecule has 1 atom stereocenters. The van der Waals surface area contributed by atoms with Gasteiger partial charge in [-0.1, -0.05) is 18.7 Å². The second-order valence-corrected chi connectivity index (χ2v) is 7.57. The summed E-state index contributed by atoms with van der Waals surface area (Å²) in [6.07, 6.45) is 2.88. The molecule has 154 valence electrons. The number of rotatable bonds is 5. The molecule has 1 saturated carbocycles. The van der Waals surface area contributed by atoms with Gasteiger partial charge in [-0.2, -0.15) is 0 Å². The lowest BCUT2D eigenvalue weighted by Crippen LogP contribution is -2.49. The van der Waals surface area contributed by atoms with Gasteiger partial charge in [-0.15, -0.1) is 0 Å². The van der Waals surface area contributed by atoms with Crippen LogP contribution < -0.4 is 10.1 Å². The summed E-state index contributed by atoms with van der Waals surface area (Å²) in [4.78, 5) is 11.4. The molecule has 1 heterocycles. The van der Waals surface area contributed by atoms with E-state index in [0.29, 0.717) is 12.6 Å². The van der Waals surface area contributed by atoms with Crippen LogP contribution >= 0.6 is 0 Å². The van der Waals surface area contributed by atoms with Crippen molar-refractivity contribution in [1.82, 2.24) is 0 Å². The van der Waals surface area contributed by atoms with Gasteiger partial charge in [0, 0.05) is 24.6 Å². The fraction of sp³-hybridized carbons (Fsp3) is 0.391. The van der Waals surface area contributed by atoms with Crippen molar-refractivity contribution >= 4 is 11.3 Å². The molecule has 0 radical (unpaired) electrons. The first-order valence-electron chi connectivity index (χ1n) is 9.91. The third-order valence-corrected chi connectivity index (χ3v) is 5.63. The van der Waals surface area contributed by atoms with Crippen LogP contribution in [0.3, 0.4) is 0 Å². The molecule has 0 bridgehead atoms. The highest BCUT2D eigenvalue weighted by Gasteiger charge is 2.43. The first kappa shape index (κ1) is 19.9. The van der Waals surface area contributed by atoms with Crippen LogP contribution in [0.25, 0.3) is 5.57 Å². The minimum atomic E-state index is -0.697. The van der Waals surface area contributed by atoms with E-state index in [4.69, 9.17) is 19.2 Å². The van der Waals surface area contributed by atoms with Crippen molar-refractivity contribution in [2.75, 3.05) is 19.0 Å². The van der Waals surface area contributed by atoms with Crippen molar-refractivity contribution < 1.29 is 23.6 Å². The molecule has 0 aromatic heterocycles. The van der Waals surface area contributed by atoms with Gasteiger partial charge in [0.2, 0.25) is 5.79 Å². The number of nitrogens with one attached hydrogen (secondary N) is 1. The van der Waals surface area contributed by atoms with E-state index in [1.807, 2.05) is 24.3 Å². The van der Waals surface area contributed by atoms with Crippen molar-refractivity contribution in [1.29, 1.82) is 0 Å². The molecule has 1 aliphatic carbocycles. The van der Waals surface area contributed by atoms with E-state index in [-0.39, 0.29) is 11.9 Å². The van der Waals surface area contributed by atoms with Crippen molar-refractivity contribution in [3.8, 4) is 5.75 Å². The Labute approximate surface area is 170 Å². The number of anilines is 1. The summed E-state index contributed by atoms with van der Waals surface area (Å²) in [5, 5.41) is 3.44. The van der Waals surface area contributed by atoms with Gasteiger partial charge >= 0.3 is 0 Å². The molecule has 29 heavy (non-hydrogen) atoms. The van der Waals surface area contributed by atoms with E-state index < -0.39 is 5.79 Å². The fourth-order valence-corrected chi connectivity index (χ4v) is 3.79. The molecule has 1 unspecified atom stereocenters. The normalized spacial score (nSPS) is 26.8. The lowest BCUT2D eigenvalue weighted by atomic mass is 9.89. The molecule has 1 aliphatic heterocycles. The highest BCUT2D eigenvalue weighted by atomic mass is 19.1. The smallest absolute Gasteiger partial charge is 0.201 e. The van der Waals surface area contributed by atoms with Gasteiger partial charge in [-0.05, 0) is 60.4 Å². The van der Waals surface area contributed by atoms with Crippen LogP contribution in [-0.2, 0) is 14.5 Å². The predicted molar refractivity (Wildman–Crippen MR) is 109 cm³/mol. The first-order chi connectivity index (χ1) is 14.1. The van der Waals surface area contributed by atoms with E-state index >= 15 is 0 Å². The Balaban J connectivity index is 1.28. The second-order valence-electron chi connectivity index (χ2n) is 7.57. The molecule has 1 saturated heterocycles. The molecule has 2 aliphatic rings. The van der Waals surface area contributed by atoms with Gasteiger partial charge in [0.15, 0.2) is 0 Å². The van der Waals surface area contributed by atoms with Gasteiger partial charge in [0.25, 0.3) is 0 Å². The maximum absolute atomic E-state index is 13.0. The van der Waals surface area contributed by atoms with Crippen LogP contribution in [0.5, 0.6) is 5.75 Å². The van der Waals surface area contributed by atoms with Crippen LogP contribution in [0, 0.1) is 5.82 Å². The van der Waals surface area contributed by atoms with Crippen molar-refractivity contribution in [3.63, 3.8) is 0 Å². The van der Waals surface area contributed by atoms with E-state index in [9.17, 15) is 4.39 Å². The van der Waals surface area contributed by atoms with Crippen LogP contribution in [-0.4, -0.2) is 31.6 Å². The summed E-state index contributed by atoms with van der Waals surface area (Å²) in [5.41, 5.74) is 2.70. The predicted octanol–water partition coefficient (Wildman–Crippen LogP) is 4.95. The summed E-state index contributed by atoms with van der Waals surface area (Å²) in [5.74, 6) is -0.133. The Morgan fingerprint density at radius 3 is 2.38 bits per heavy atom. The molecule has 6 heteroatoms. The van der Waals surface area contributed by atoms with Crippen LogP contribution in [0.4, 0.5) is 10.1 Å². The number of methoxy groups -OCH3 is 1. The molecule has 1 spiro atoms.